The van der Waals surface area contributed by atoms with E-state index in [0.29, 0.717) is 17.5 Å². The minimum Gasteiger partial charge on any atom is -0.455 e. The highest BCUT2D eigenvalue weighted by molar-refractivity contribution is 6.15. The van der Waals surface area contributed by atoms with Gasteiger partial charge in [0.15, 0.2) is 17.5 Å². The number of aromatic nitrogens is 3. The zero-order valence-electron chi connectivity index (χ0n) is 26.7. The largest absolute Gasteiger partial charge is 0.455 e. The molecule has 0 saturated heterocycles. The lowest BCUT2D eigenvalue weighted by Gasteiger charge is -2.09. The van der Waals surface area contributed by atoms with Gasteiger partial charge in [0, 0.05) is 43.8 Å². The summed E-state index contributed by atoms with van der Waals surface area (Å²) in [6.45, 7) is 0. The van der Waals surface area contributed by atoms with Gasteiger partial charge in [0.25, 0.3) is 0 Å². The summed E-state index contributed by atoms with van der Waals surface area (Å²) in [6.07, 6.45) is 0. The van der Waals surface area contributed by atoms with E-state index in [2.05, 4.69) is 72.8 Å². The first-order valence-electron chi connectivity index (χ1n) is 16.6. The molecular weight excluding hydrogens is 615 g/mol. The fraction of sp³-hybridized carbons (Fsp3) is 0. The Hall–Kier alpha value is -6.85. The zero-order chi connectivity index (χ0) is 33.0. The molecule has 5 heteroatoms. The van der Waals surface area contributed by atoms with Crippen LogP contribution in [0.4, 0.5) is 0 Å². The van der Waals surface area contributed by atoms with Crippen LogP contribution in [-0.4, -0.2) is 15.0 Å². The van der Waals surface area contributed by atoms with E-state index in [1.54, 1.807) is 0 Å². The summed E-state index contributed by atoms with van der Waals surface area (Å²) < 4.78 is 13.4. The molecule has 0 aliphatic heterocycles. The van der Waals surface area contributed by atoms with E-state index in [0.717, 1.165) is 82.8 Å². The summed E-state index contributed by atoms with van der Waals surface area (Å²) in [4.78, 5) is 14.9. The summed E-state index contributed by atoms with van der Waals surface area (Å²) in [5.41, 5.74) is 10.1. The molecule has 0 atom stereocenters. The maximum atomic E-state index is 6.92. The molecule has 0 bridgehead atoms. The predicted octanol–water partition coefficient (Wildman–Crippen LogP) is 12.0. The van der Waals surface area contributed by atoms with Crippen molar-refractivity contribution < 1.29 is 8.83 Å². The Kier molecular flexibility index (Phi) is 6.42. The van der Waals surface area contributed by atoms with Crippen molar-refractivity contribution >= 4 is 43.9 Å². The van der Waals surface area contributed by atoms with Gasteiger partial charge >= 0.3 is 0 Å². The minimum absolute atomic E-state index is 0.557. The highest BCUT2D eigenvalue weighted by Gasteiger charge is 2.21. The average molecular weight is 642 g/mol. The fourth-order valence-corrected chi connectivity index (χ4v) is 6.97. The van der Waals surface area contributed by atoms with Crippen LogP contribution < -0.4 is 0 Å². The Bertz CT molecular complexity index is 2800. The second-order valence-corrected chi connectivity index (χ2v) is 12.4. The highest BCUT2D eigenvalue weighted by Crippen LogP contribution is 2.43. The Balaban J connectivity index is 1.21. The van der Waals surface area contributed by atoms with Gasteiger partial charge in [-0.3, -0.25) is 0 Å². The quantitative estimate of drug-likeness (QED) is 0.187. The zero-order valence-corrected chi connectivity index (χ0v) is 26.7. The van der Waals surface area contributed by atoms with Crippen molar-refractivity contribution in [1.82, 2.24) is 15.0 Å². The Labute approximate surface area is 287 Å². The normalized spacial score (nSPS) is 11.6. The number of furan rings is 2. The van der Waals surface area contributed by atoms with Crippen molar-refractivity contribution in [3.8, 4) is 56.4 Å². The molecule has 10 aromatic rings. The van der Waals surface area contributed by atoms with Crippen LogP contribution in [0.3, 0.4) is 0 Å². The van der Waals surface area contributed by atoms with E-state index >= 15 is 0 Å². The van der Waals surface area contributed by atoms with Crippen molar-refractivity contribution in [3.05, 3.63) is 164 Å². The molecular formula is C45H27N3O2. The van der Waals surface area contributed by atoms with Crippen LogP contribution in [0.25, 0.3) is 100 Å². The summed E-state index contributed by atoms with van der Waals surface area (Å²) in [5.74, 6) is 1.77. The summed E-state index contributed by atoms with van der Waals surface area (Å²) >= 11 is 0. The van der Waals surface area contributed by atoms with Gasteiger partial charge in [-0.2, -0.15) is 0 Å². The molecule has 0 amide bonds. The van der Waals surface area contributed by atoms with Gasteiger partial charge in [-0.15, -0.1) is 0 Å². The molecule has 3 heterocycles. The third-order valence-electron chi connectivity index (χ3n) is 9.34. The molecule has 0 fully saturated rings. The van der Waals surface area contributed by atoms with E-state index in [-0.39, 0.29) is 0 Å². The van der Waals surface area contributed by atoms with Crippen molar-refractivity contribution in [3.63, 3.8) is 0 Å². The molecule has 10 rings (SSSR count). The molecule has 3 aromatic heterocycles. The maximum absolute atomic E-state index is 6.92. The van der Waals surface area contributed by atoms with E-state index < -0.39 is 0 Å². The van der Waals surface area contributed by atoms with Crippen LogP contribution in [0.15, 0.2) is 173 Å². The number of rotatable bonds is 5. The molecule has 0 N–H and O–H groups in total. The van der Waals surface area contributed by atoms with E-state index in [4.69, 9.17) is 23.8 Å². The van der Waals surface area contributed by atoms with Crippen LogP contribution in [0, 0.1) is 0 Å². The predicted molar refractivity (Wildman–Crippen MR) is 202 cm³/mol. The minimum atomic E-state index is 0.557. The molecule has 0 radical (unpaired) electrons. The van der Waals surface area contributed by atoms with Crippen LogP contribution in [0.5, 0.6) is 0 Å². The molecule has 7 aromatic carbocycles. The van der Waals surface area contributed by atoms with Gasteiger partial charge in [0.2, 0.25) is 0 Å². The lowest BCUT2D eigenvalue weighted by atomic mass is 9.95. The standard InChI is InChI=1S/C45H27N3O2/c1-4-14-28(15-5-1)37-26-31(27-38-33-20-10-11-25-39(33)49-42(37)38)32-21-12-22-34-35-23-13-24-36(41(35)50-40(32)34)45-47-43(29-16-6-2-7-17-29)46-44(48-45)30-18-8-3-9-19-30/h1-27H. The van der Waals surface area contributed by atoms with Gasteiger partial charge < -0.3 is 8.83 Å². The van der Waals surface area contributed by atoms with Crippen molar-refractivity contribution in [2.75, 3.05) is 0 Å². The van der Waals surface area contributed by atoms with E-state index in [9.17, 15) is 0 Å². The second-order valence-electron chi connectivity index (χ2n) is 12.4. The van der Waals surface area contributed by atoms with Crippen molar-refractivity contribution in [1.29, 1.82) is 0 Å². The number of benzene rings is 7. The third-order valence-corrected chi connectivity index (χ3v) is 9.34. The molecule has 0 unspecified atom stereocenters. The summed E-state index contributed by atoms with van der Waals surface area (Å²) in [5, 5.41) is 4.18. The highest BCUT2D eigenvalue weighted by atomic mass is 16.3. The van der Waals surface area contributed by atoms with E-state index in [1.165, 1.54) is 0 Å². The van der Waals surface area contributed by atoms with Gasteiger partial charge in [0.1, 0.15) is 22.3 Å². The molecule has 0 saturated carbocycles. The molecule has 50 heavy (non-hydrogen) atoms. The lowest BCUT2D eigenvalue weighted by molar-refractivity contribution is 0.669. The molecule has 5 nitrogen and oxygen atoms in total. The first-order chi connectivity index (χ1) is 24.8. The van der Waals surface area contributed by atoms with Crippen LogP contribution in [0.2, 0.25) is 0 Å². The summed E-state index contributed by atoms with van der Waals surface area (Å²) in [6, 6.07) is 55.6. The molecule has 234 valence electrons. The number of para-hydroxylation sites is 3. The Morgan fingerprint density at radius 2 is 0.800 bits per heavy atom. The van der Waals surface area contributed by atoms with E-state index in [1.807, 2.05) is 91.0 Å². The van der Waals surface area contributed by atoms with Gasteiger partial charge in [-0.1, -0.05) is 140 Å². The number of hydrogen-bond donors (Lipinski definition) is 0. The summed E-state index contributed by atoms with van der Waals surface area (Å²) in [7, 11) is 0. The van der Waals surface area contributed by atoms with Crippen LogP contribution >= 0.6 is 0 Å². The Morgan fingerprint density at radius 3 is 1.46 bits per heavy atom. The van der Waals surface area contributed by atoms with Crippen molar-refractivity contribution in [2.24, 2.45) is 0 Å². The SMILES string of the molecule is c1ccc(-c2nc(-c3ccccc3)nc(-c3cccc4c3oc3c(-c5cc(-c6ccccc6)c6oc7ccccc7c6c5)cccc34)n2)cc1. The van der Waals surface area contributed by atoms with Gasteiger partial charge in [-0.05, 0) is 35.4 Å². The monoisotopic (exact) mass is 641 g/mol. The maximum Gasteiger partial charge on any atom is 0.167 e. The molecule has 0 aliphatic rings. The topological polar surface area (TPSA) is 65.0 Å². The van der Waals surface area contributed by atoms with Crippen LogP contribution in [0.1, 0.15) is 0 Å². The number of fused-ring (bicyclic) bond motifs is 6. The molecule has 0 spiro atoms. The lowest BCUT2D eigenvalue weighted by Crippen LogP contribution is -2.00. The first kappa shape index (κ1) is 28.2. The fourth-order valence-electron chi connectivity index (χ4n) is 6.97. The number of hydrogen-bond acceptors (Lipinski definition) is 5. The average Bonchev–Trinajstić information content (AvgIpc) is 3.77. The second kappa shape index (κ2) is 11.4. The number of nitrogens with zero attached hydrogens (tertiary/aromatic N) is 3. The van der Waals surface area contributed by atoms with Crippen molar-refractivity contribution in [2.45, 2.75) is 0 Å². The smallest absolute Gasteiger partial charge is 0.167 e. The Morgan fingerprint density at radius 1 is 0.300 bits per heavy atom. The molecule has 0 aliphatic carbocycles. The van der Waals surface area contributed by atoms with Gasteiger partial charge in [0.05, 0.1) is 5.56 Å². The van der Waals surface area contributed by atoms with Gasteiger partial charge in [-0.25, -0.2) is 15.0 Å². The van der Waals surface area contributed by atoms with Crippen LogP contribution in [-0.2, 0) is 0 Å². The third kappa shape index (κ3) is 4.60. The first-order valence-corrected chi connectivity index (χ1v) is 16.6.